The number of carbonyl (C=O) groups excluding carboxylic acids is 1. The van der Waals surface area contributed by atoms with Gasteiger partial charge in [-0.05, 0) is 12.1 Å². The van der Waals surface area contributed by atoms with Gasteiger partial charge in [0, 0.05) is 7.05 Å². The third-order valence-electron chi connectivity index (χ3n) is 2.13. The van der Waals surface area contributed by atoms with Crippen LogP contribution in [0.15, 0.2) is 24.3 Å². The minimum absolute atomic E-state index is 0.206. The Morgan fingerprint density at radius 1 is 1.36 bits per heavy atom. The van der Waals surface area contributed by atoms with Crippen LogP contribution >= 0.6 is 0 Å². The maximum Gasteiger partial charge on any atom is 0.162 e. The Labute approximate surface area is 84.7 Å². The molecule has 2 rings (SSSR count). The van der Waals surface area contributed by atoms with Crippen molar-refractivity contribution in [3.8, 4) is 0 Å². The molecule has 1 aromatic carbocycles. The maximum absolute atomic E-state index is 10.6. The van der Waals surface area contributed by atoms with Gasteiger partial charge >= 0.3 is 0 Å². The van der Waals surface area contributed by atoms with Crippen LogP contribution in [0.4, 0.5) is 11.4 Å². The highest BCUT2D eigenvalue weighted by Crippen LogP contribution is 2.31. The Kier molecular flexibility index (Phi) is 3.51. The normalized spacial score (nSPS) is 17.6. The molecule has 3 nitrogen and oxygen atoms in total. The molecular weight excluding hydrogens is 176 g/mol. The van der Waals surface area contributed by atoms with Gasteiger partial charge in [-0.15, -0.1) is 0 Å². The number of carbonyl (C=O) groups is 1. The van der Waals surface area contributed by atoms with Crippen molar-refractivity contribution < 1.29 is 4.79 Å². The van der Waals surface area contributed by atoms with E-state index < -0.39 is 0 Å². The van der Waals surface area contributed by atoms with E-state index in [1.807, 2.05) is 50.1 Å². The van der Waals surface area contributed by atoms with Crippen LogP contribution in [0.2, 0.25) is 0 Å². The predicted octanol–water partition coefficient (Wildman–Crippen LogP) is 2.10. The van der Waals surface area contributed by atoms with Gasteiger partial charge in [0.15, 0.2) is 12.5 Å². The van der Waals surface area contributed by atoms with Crippen molar-refractivity contribution in [2.75, 3.05) is 17.3 Å². The molecule has 0 aliphatic carbocycles. The van der Waals surface area contributed by atoms with E-state index in [0.29, 0.717) is 0 Å². The molecule has 1 heterocycles. The van der Waals surface area contributed by atoms with Crippen LogP contribution in [-0.2, 0) is 4.79 Å². The zero-order chi connectivity index (χ0) is 10.6. The summed E-state index contributed by atoms with van der Waals surface area (Å²) in [5, 5.41) is 3.09. The summed E-state index contributed by atoms with van der Waals surface area (Å²) in [6.45, 7) is 4.00. The zero-order valence-electron chi connectivity index (χ0n) is 8.82. The summed E-state index contributed by atoms with van der Waals surface area (Å²) in [4.78, 5) is 12.5. The van der Waals surface area contributed by atoms with Gasteiger partial charge in [0.2, 0.25) is 0 Å². The lowest BCUT2D eigenvalue weighted by atomic mass is 10.3. The molecule has 0 spiro atoms. The molecule has 0 radical (unpaired) electrons. The number of para-hydroxylation sites is 2. The fourth-order valence-corrected chi connectivity index (χ4v) is 1.43. The van der Waals surface area contributed by atoms with Crippen LogP contribution in [0, 0.1) is 0 Å². The number of rotatable bonds is 1. The standard InChI is InChI=1S/C9H10N2O.C2H6/c1-11-8-5-3-2-4-7(8)10-9(11)6-12;1-2/h2-6,9-10H,1H3;1-2H3. The summed E-state index contributed by atoms with van der Waals surface area (Å²) in [7, 11) is 1.90. The Bertz CT molecular complexity index is 312. The highest BCUT2D eigenvalue weighted by Gasteiger charge is 2.23. The van der Waals surface area contributed by atoms with Gasteiger partial charge in [-0.25, -0.2) is 0 Å². The van der Waals surface area contributed by atoms with Crippen LogP contribution < -0.4 is 10.2 Å². The van der Waals surface area contributed by atoms with Crippen molar-refractivity contribution in [2.45, 2.75) is 20.0 Å². The molecule has 1 N–H and O–H groups in total. The fraction of sp³-hybridized carbons (Fsp3) is 0.364. The van der Waals surface area contributed by atoms with E-state index in [4.69, 9.17) is 0 Å². The van der Waals surface area contributed by atoms with Gasteiger partial charge in [-0.1, -0.05) is 26.0 Å². The van der Waals surface area contributed by atoms with E-state index in [2.05, 4.69) is 5.32 Å². The molecule has 1 unspecified atom stereocenters. The first-order valence-corrected chi connectivity index (χ1v) is 4.86. The second-order valence-electron chi connectivity index (χ2n) is 2.85. The maximum atomic E-state index is 10.6. The average molecular weight is 192 g/mol. The third kappa shape index (κ3) is 1.71. The third-order valence-corrected chi connectivity index (χ3v) is 2.13. The number of hydrogen-bond donors (Lipinski definition) is 1. The van der Waals surface area contributed by atoms with Crippen molar-refractivity contribution in [2.24, 2.45) is 0 Å². The smallest absolute Gasteiger partial charge is 0.162 e. The lowest BCUT2D eigenvalue weighted by Crippen LogP contribution is -2.33. The molecule has 0 amide bonds. The molecule has 3 heteroatoms. The molecule has 14 heavy (non-hydrogen) atoms. The van der Waals surface area contributed by atoms with Gasteiger partial charge in [0.05, 0.1) is 11.4 Å². The number of likely N-dealkylation sites (N-methyl/N-ethyl adjacent to an activating group) is 1. The molecule has 0 fully saturated rings. The second-order valence-corrected chi connectivity index (χ2v) is 2.85. The molecule has 1 aromatic rings. The number of benzene rings is 1. The van der Waals surface area contributed by atoms with Crippen molar-refractivity contribution in [3.63, 3.8) is 0 Å². The van der Waals surface area contributed by atoms with E-state index in [1.165, 1.54) is 0 Å². The quantitative estimate of drug-likeness (QED) is 0.691. The molecule has 1 atom stereocenters. The predicted molar refractivity (Wildman–Crippen MR) is 59.7 cm³/mol. The van der Waals surface area contributed by atoms with Crippen LogP contribution in [-0.4, -0.2) is 19.5 Å². The highest BCUT2D eigenvalue weighted by molar-refractivity contribution is 5.83. The molecule has 0 saturated heterocycles. The number of nitrogens with one attached hydrogen (secondary N) is 1. The van der Waals surface area contributed by atoms with Gasteiger partial charge in [0.25, 0.3) is 0 Å². The summed E-state index contributed by atoms with van der Waals surface area (Å²) in [6.07, 6.45) is 0.697. The summed E-state index contributed by atoms with van der Waals surface area (Å²) in [6, 6.07) is 7.87. The molecule has 1 aliphatic heterocycles. The minimum atomic E-state index is -0.206. The Morgan fingerprint density at radius 2 is 2.00 bits per heavy atom. The molecule has 0 bridgehead atoms. The molecule has 1 aliphatic rings. The molecule has 0 saturated carbocycles. The lowest BCUT2D eigenvalue weighted by molar-refractivity contribution is -0.108. The van der Waals surface area contributed by atoms with Gasteiger partial charge in [-0.3, -0.25) is 4.79 Å². The van der Waals surface area contributed by atoms with Crippen LogP contribution in [0.5, 0.6) is 0 Å². The van der Waals surface area contributed by atoms with E-state index in [0.717, 1.165) is 17.7 Å². The first kappa shape index (κ1) is 10.6. The fourth-order valence-electron chi connectivity index (χ4n) is 1.43. The van der Waals surface area contributed by atoms with Crippen molar-refractivity contribution in [1.82, 2.24) is 0 Å². The van der Waals surface area contributed by atoms with Crippen molar-refractivity contribution in [1.29, 1.82) is 0 Å². The summed E-state index contributed by atoms with van der Waals surface area (Å²) >= 11 is 0. The number of hydrogen-bond acceptors (Lipinski definition) is 3. The SMILES string of the molecule is CC.CN1c2ccccc2NC1C=O. The van der Waals surface area contributed by atoms with Crippen LogP contribution in [0.1, 0.15) is 13.8 Å². The first-order chi connectivity index (χ1) is 6.83. The van der Waals surface area contributed by atoms with Crippen LogP contribution in [0.25, 0.3) is 0 Å². The summed E-state index contributed by atoms with van der Waals surface area (Å²) in [5.41, 5.74) is 2.10. The monoisotopic (exact) mass is 192 g/mol. The van der Waals surface area contributed by atoms with Crippen molar-refractivity contribution >= 4 is 17.7 Å². The topological polar surface area (TPSA) is 32.3 Å². The number of fused-ring (bicyclic) bond motifs is 1. The Morgan fingerprint density at radius 3 is 2.57 bits per heavy atom. The highest BCUT2D eigenvalue weighted by atomic mass is 16.1. The minimum Gasteiger partial charge on any atom is -0.358 e. The van der Waals surface area contributed by atoms with E-state index in [9.17, 15) is 4.79 Å². The van der Waals surface area contributed by atoms with Gasteiger partial charge < -0.3 is 10.2 Å². The number of aldehydes is 1. The number of nitrogens with zero attached hydrogens (tertiary/aromatic N) is 1. The van der Waals surface area contributed by atoms with Crippen molar-refractivity contribution in [3.05, 3.63) is 24.3 Å². The Hall–Kier alpha value is -1.51. The molecule has 0 aromatic heterocycles. The first-order valence-electron chi connectivity index (χ1n) is 4.86. The van der Waals surface area contributed by atoms with Crippen LogP contribution in [0.3, 0.4) is 0 Å². The van der Waals surface area contributed by atoms with Gasteiger partial charge in [0.1, 0.15) is 0 Å². The van der Waals surface area contributed by atoms with E-state index in [1.54, 1.807) is 0 Å². The second kappa shape index (κ2) is 4.65. The summed E-state index contributed by atoms with van der Waals surface area (Å²) in [5.74, 6) is 0. The zero-order valence-corrected chi connectivity index (χ0v) is 8.82. The van der Waals surface area contributed by atoms with Gasteiger partial charge in [-0.2, -0.15) is 0 Å². The summed E-state index contributed by atoms with van der Waals surface area (Å²) < 4.78 is 0. The largest absolute Gasteiger partial charge is 0.358 e. The molecule has 76 valence electrons. The van der Waals surface area contributed by atoms with E-state index in [-0.39, 0.29) is 6.17 Å². The Balaban J connectivity index is 0.000000461. The lowest BCUT2D eigenvalue weighted by Gasteiger charge is -2.15. The van der Waals surface area contributed by atoms with E-state index >= 15 is 0 Å². The number of anilines is 2. The molecular formula is C11H16N2O. The average Bonchev–Trinajstić information content (AvgIpc) is 2.59.